The van der Waals surface area contributed by atoms with E-state index in [1.165, 1.54) is 57.8 Å². The molecule has 0 aliphatic carbocycles. The van der Waals surface area contributed by atoms with Crippen LogP contribution in [0.3, 0.4) is 0 Å². The van der Waals surface area contributed by atoms with Gasteiger partial charge in [0.15, 0.2) is 6.29 Å². The van der Waals surface area contributed by atoms with E-state index in [1.807, 2.05) is 0 Å². The number of aliphatic hydroxyl groups excluding tert-OH is 3. The first-order valence-corrected chi connectivity index (χ1v) is 21.0. The molecule has 0 aromatic heterocycles. The Morgan fingerprint density at radius 1 is 0.745 bits per heavy atom. The molecule has 0 amide bonds. The first kappa shape index (κ1) is 47.6. The van der Waals surface area contributed by atoms with Crippen LogP contribution in [0.1, 0.15) is 149 Å². The molecule has 1 rings (SSSR count). The molecule has 1 heterocycles. The molecular formula is C38H70O12S. The summed E-state index contributed by atoms with van der Waals surface area (Å²) in [6.07, 6.45) is 22.2. The van der Waals surface area contributed by atoms with Gasteiger partial charge in [0, 0.05) is 13.0 Å². The zero-order chi connectivity index (χ0) is 37.6. The highest BCUT2D eigenvalue weighted by Crippen LogP contribution is 2.26. The standard InChI is InChI=1S/C38H70O12S/c1-3-5-7-9-11-13-15-16-17-18-19-21-23-25-27-34(40)48-32(30-46-28-26-24-22-20-14-12-10-8-6-4-2)31-47-38-36(42)37(50-51(43,44)45)35(41)33(29-39)49-38/h9,11,15-16,32-33,35-39,41-42H,3-8,10,12-14,17-31H2,1-2H3,(H,43,44,45)/b11-9-,16-15-. The molecule has 1 saturated heterocycles. The van der Waals surface area contributed by atoms with Crippen LogP contribution in [0.2, 0.25) is 0 Å². The molecule has 0 radical (unpaired) electrons. The van der Waals surface area contributed by atoms with Crippen molar-refractivity contribution in [1.29, 1.82) is 0 Å². The normalized spacial score (nSPS) is 21.9. The van der Waals surface area contributed by atoms with Crippen LogP contribution in [0, 0.1) is 0 Å². The van der Waals surface area contributed by atoms with Crippen LogP contribution < -0.4 is 0 Å². The quantitative estimate of drug-likeness (QED) is 0.0236. The largest absolute Gasteiger partial charge is 0.457 e. The molecule has 4 N–H and O–H groups in total. The van der Waals surface area contributed by atoms with E-state index in [2.05, 4.69) is 42.3 Å². The highest BCUT2D eigenvalue weighted by Gasteiger charge is 2.48. The number of aliphatic hydroxyl groups is 3. The number of carbonyl (C=O) groups is 1. The van der Waals surface area contributed by atoms with E-state index in [-0.39, 0.29) is 19.6 Å². The Bertz CT molecular complexity index is 1000. The molecule has 0 aromatic carbocycles. The molecular weight excluding hydrogens is 680 g/mol. The first-order valence-electron chi connectivity index (χ1n) is 19.6. The zero-order valence-electron chi connectivity index (χ0n) is 31.4. The predicted molar refractivity (Wildman–Crippen MR) is 197 cm³/mol. The summed E-state index contributed by atoms with van der Waals surface area (Å²) in [5.74, 6) is -0.414. The average Bonchev–Trinajstić information content (AvgIpc) is 3.09. The first-order chi connectivity index (χ1) is 24.6. The topological polar surface area (TPSA) is 178 Å². The maximum absolute atomic E-state index is 12.7. The van der Waals surface area contributed by atoms with E-state index in [4.69, 9.17) is 23.5 Å². The summed E-state index contributed by atoms with van der Waals surface area (Å²) < 4.78 is 58.7. The van der Waals surface area contributed by atoms with E-state index in [0.29, 0.717) is 13.0 Å². The SMILES string of the molecule is CCCC/C=C\C/C=C\CCCCCCCC(=O)OC(COCCCCCCCCCCCC)COC1OC(CO)C(O)C(OS(=O)(=O)O)C1O. The van der Waals surface area contributed by atoms with Gasteiger partial charge in [0.1, 0.15) is 30.5 Å². The summed E-state index contributed by atoms with van der Waals surface area (Å²) in [6.45, 7) is 3.90. The Labute approximate surface area is 308 Å². The van der Waals surface area contributed by atoms with Crippen molar-refractivity contribution in [1.82, 2.24) is 0 Å². The lowest BCUT2D eigenvalue weighted by atomic mass is 9.99. The van der Waals surface area contributed by atoms with Crippen LogP contribution in [0.25, 0.3) is 0 Å². The van der Waals surface area contributed by atoms with Gasteiger partial charge in [-0.1, -0.05) is 128 Å². The van der Waals surface area contributed by atoms with Crippen molar-refractivity contribution < 1.29 is 56.2 Å². The van der Waals surface area contributed by atoms with Crippen LogP contribution in [0.5, 0.6) is 0 Å². The van der Waals surface area contributed by atoms with Gasteiger partial charge < -0.3 is 34.3 Å². The number of rotatable bonds is 33. The number of ether oxygens (including phenoxy) is 4. The number of esters is 1. The summed E-state index contributed by atoms with van der Waals surface area (Å²) in [5.41, 5.74) is 0. The lowest BCUT2D eigenvalue weighted by Gasteiger charge is -2.41. The van der Waals surface area contributed by atoms with Crippen LogP contribution in [0.15, 0.2) is 24.3 Å². The number of allylic oxidation sites excluding steroid dienone is 4. The minimum absolute atomic E-state index is 0.0328. The second kappa shape index (κ2) is 31.0. The highest BCUT2D eigenvalue weighted by molar-refractivity contribution is 7.80. The molecule has 12 nitrogen and oxygen atoms in total. The summed E-state index contributed by atoms with van der Waals surface area (Å²) in [5, 5.41) is 30.5. The summed E-state index contributed by atoms with van der Waals surface area (Å²) in [4.78, 5) is 12.7. The molecule has 300 valence electrons. The van der Waals surface area contributed by atoms with E-state index in [1.54, 1.807) is 0 Å². The van der Waals surface area contributed by atoms with E-state index < -0.39 is 59.8 Å². The van der Waals surface area contributed by atoms with Crippen molar-refractivity contribution in [2.45, 2.75) is 185 Å². The Morgan fingerprint density at radius 3 is 1.92 bits per heavy atom. The smallest absolute Gasteiger partial charge is 0.397 e. The fourth-order valence-corrected chi connectivity index (χ4v) is 6.31. The molecule has 0 aromatic rings. The lowest BCUT2D eigenvalue weighted by molar-refractivity contribution is -0.301. The van der Waals surface area contributed by atoms with Crippen molar-refractivity contribution in [2.75, 3.05) is 26.4 Å². The van der Waals surface area contributed by atoms with Crippen LogP contribution >= 0.6 is 0 Å². The summed E-state index contributed by atoms with van der Waals surface area (Å²) in [7, 11) is -5.05. The fraction of sp³-hybridized carbons (Fsp3) is 0.868. The highest BCUT2D eigenvalue weighted by atomic mass is 32.3. The third-order valence-corrected chi connectivity index (χ3v) is 9.29. The molecule has 0 spiro atoms. The van der Waals surface area contributed by atoms with Crippen LogP contribution in [0.4, 0.5) is 0 Å². The van der Waals surface area contributed by atoms with Gasteiger partial charge in [0.25, 0.3) is 0 Å². The molecule has 1 aliphatic heterocycles. The molecule has 51 heavy (non-hydrogen) atoms. The van der Waals surface area contributed by atoms with Crippen molar-refractivity contribution in [3.63, 3.8) is 0 Å². The number of hydrogen-bond acceptors (Lipinski definition) is 11. The van der Waals surface area contributed by atoms with Gasteiger partial charge in [-0.2, -0.15) is 8.42 Å². The van der Waals surface area contributed by atoms with Crippen molar-refractivity contribution in [2.24, 2.45) is 0 Å². The molecule has 0 bridgehead atoms. The Balaban J connectivity index is 2.51. The fourth-order valence-electron chi connectivity index (χ4n) is 5.80. The molecule has 1 fully saturated rings. The molecule has 6 atom stereocenters. The molecule has 6 unspecified atom stereocenters. The summed E-state index contributed by atoms with van der Waals surface area (Å²) in [6, 6.07) is 0. The minimum atomic E-state index is -5.05. The van der Waals surface area contributed by atoms with E-state index in [0.717, 1.165) is 64.2 Å². The summed E-state index contributed by atoms with van der Waals surface area (Å²) >= 11 is 0. The van der Waals surface area contributed by atoms with Crippen molar-refractivity contribution in [3.05, 3.63) is 24.3 Å². The van der Waals surface area contributed by atoms with Gasteiger partial charge in [0.05, 0.1) is 19.8 Å². The van der Waals surface area contributed by atoms with E-state index in [9.17, 15) is 28.5 Å². The van der Waals surface area contributed by atoms with Gasteiger partial charge in [-0.15, -0.1) is 0 Å². The molecule has 0 saturated carbocycles. The predicted octanol–water partition coefficient (Wildman–Crippen LogP) is 6.90. The minimum Gasteiger partial charge on any atom is -0.457 e. The Morgan fingerprint density at radius 2 is 1.31 bits per heavy atom. The molecule has 13 heteroatoms. The maximum Gasteiger partial charge on any atom is 0.397 e. The lowest BCUT2D eigenvalue weighted by Crippen LogP contribution is -2.60. The van der Waals surface area contributed by atoms with Crippen molar-refractivity contribution >= 4 is 16.4 Å². The number of unbranched alkanes of at least 4 members (excludes halogenated alkanes) is 16. The monoisotopic (exact) mass is 750 g/mol. The maximum atomic E-state index is 12.7. The van der Waals surface area contributed by atoms with Crippen molar-refractivity contribution in [3.8, 4) is 0 Å². The Hall–Kier alpha value is -1.42. The average molecular weight is 751 g/mol. The van der Waals surface area contributed by atoms with Crippen LogP contribution in [-0.4, -0.2) is 97.5 Å². The van der Waals surface area contributed by atoms with Gasteiger partial charge >= 0.3 is 16.4 Å². The van der Waals surface area contributed by atoms with E-state index >= 15 is 0 Å². The Kier molecular flexibility index (Phi) is 28.9. The number of hydrogen-bond donors (Lipinski definition) is 4. The number of carbonyl (C=O) groups excluding carboxylic acids is 1. The van der Waals surface area contributed by atoms with Gasteiger partial charge in [-0.3, -0.25) is 9.35 Å². The molecule has 1 aliphatic rings. The van der Waals surface area contributed by atoms with Gasteiger partial charge in [-0.05, 0) is 38.5 Å². The second-order valence-corrected chi connectivity index (χ2v) is 14.6. The van der Waals surface area contributed by atoms with Gasteiger partial charge in [0.2, 0.25) is 0 Å². The van der Waals surface area contributed by atoms with Gasteiger partial charge in [-0.25, -0.2) is 4.18 Å². The third-order valence-electron chi connectivity index (χ3n) is 8.83. The third kappa shape index (κ3) is 25.3. The second-order valence-electron chi connectivity index (χ2n) is 13.5. The van der Waals surface area contributed by atoms with Crippen LogP contribution in [-0.2, 0) is 38.3 Å². The zero-order valence-corrected chi connectivity index (χ0v) is 32.2.